The average molecular weight is 250 g/mol. The molecule has 2 rings (SSSR count). The van der Waals surface area contributed by atoms with Gasteiger partial charge in [0.15, 0.2) is 0 Å². The monoisotopic (exact) mass is 250 g/mol. The Morgan fingerprint density at radius 2 is 1.94 bits per heavy atom. The van der Waals surface area contributed by atoms with Crippen molar-refractivity contribution < 1.29 is 13.2 Å². The van der Waals surface area contributed by atoms with Gasteiger partial charge in [0, 0.05) is 0 Å². The number of hydrogen-bond acceptors (Lipinski definition) is 3. The molecular formula is C9H11N2NaO3S. The second-order valence-electron chi connectivity index (χ2n) is 3.23. The van der Waals surface area contributed by atoms with Crippen molar-refractivity contribution in [1.82, 2.24) is 4.72 Å². The molecule has 1 aliphatic heterocycles. The van der Waals surface area contributed by atoms with E-state index in [1.54, 1.807) is 30.3 Å². The SMILES string of the molecule is O=CC1CN(c2ccccc2)S(=O)(=O)N1.[NaH]. The van der Waals surface area contributed by atoms with E-state index in [4.69, 9.17) is 0 Å². The quantitative estimate of drug-likeness (QED) is 0.555. The van der Waals surface area contributed by atoms with Crippen LogP contribution in [0.4, 0.5) is 5.69 Å². The molecule has 1 aromatic rings. The number of aldehydes is 1. The molecule has 0 amide bonds. The number of anilines is 1. The van der Waals surface area contributed by atoms with E-state index in [9.17, 15) is 13.2 Å². The van der Waals surface area contributed by atoms with Crippen molar-refractivity contribution in [3.8, 4) is 0 Å². The van der Waals surface area contributed by atoms with Gasteiger partial charge in [-0.3, -0.25) is 4.31 Å². The zero-order valence-electron chi connectivity index (χ0n) is 7.83. The van der Waals surface area contributed by atoms with Crippen LogP contribution >= 0.6 is 0 Å². The van der Waals surface area contributed by atoms with E-state index in [0.29, 0.717) is 12.0 Å². The standard InChI is InChI=1S/C9H10N2O3S.Na.H/c12-7-8-6-11(15(13,14)10-8)9-4-2-1-3-5-9;;/h1-5,7-8,10H,6H2;;. The van der Waals surface area contributed by atoms with E-state index in [2.05, 4.69) is 4.72 Å². The third kappa shape index (κ3) is 2.64. The van der Waals surface area contributed by atoms with Gasteiger partial charge in [0.2, 0.25) is 0 Å². The zero-order valence-corrected chi connectivity index (χ0v) is 8.65. The normalized spacial score (nSPS) is 22.5. The predicted octanol–water partition coefficient (Wildman–Crippen LogP) is -0.740. The molecule has 1 aromatic carbocycles. The summed E-state index contributed by atoms with van der Waals surface area (Å²) in [4.78, 5) is 10.5. The number of para-hydroxylation sites is 1. The first kappa shape index (κ1) is 13.7. The molecule has 7 heteroatoms. The first-order chi connectivity index (χ1) is 7.13. The zero-order chi connectivity index (χ0) is 10.9. The summed E-state index contributed by atoms with van der Waals surface area (Å²) < 4.78 is 26.6. The minimum absolute atomic E-state index is 0. The van der Waals surface area contributed by atoms with Crippen LogP contribution < -0.4 is 9.03 Å². The van der Waals surface area contributed by atoms with E-state index in [-0.39, 0.29) is 36.1 Å². The summed E-state index contributed by atoms with van der Waals surface area (Å²) in [5.41, 5.74) is 0.564. The molecule has 1 atom stereocenters. The van der Waals surface area contributed by atoms with Gasteiger partial charge in [-0.25, -0.2) is 0 Å². The molecule has 1 unspecified atom stereocenters. The molecular weight excluding hydrogens is 239 g/mol. The molecule has 5 nitrogen and oxygen atoms in total. The molecule has 16 heavy (non-hydrogen) atoms. The number of hydrogen-bond donors (Lipinski definition) is 1. The Morgan fingerprint density at radius 3 is 2.44 bits per heavy atom. The Bertz CT molecular complexity index is 463. The van der Waals surface area contributed by atoms with Crippen molar-refractivity contribution in [2.45, 2.75) is 6.04 Å². The van der Waals surface area contributed by atoms with Crippen molar-refractivity contribution in [3.05, 3.63) is 30.3 Å². The summed E-state index contributed by atoms with van der Waals surface area (Å²) in [6, 6.07) is 8.02. The van der Waals surface area contributed by atoms with Gasteiger partial charge in [-0.05, 0) is 12.1 Å². The molecule has 0 aliphatic carbocycles. The molecule has 0 aromatic heterocycles. The van der Waals surface area contributed by atoms with Crippen molar-refractivity contribution in [3.63, 3.8) is 0 Å². The molecule has 0 saturated carbocycles. The number of nitrogens with zero attached hydrogens (tertiary/aromatic N) is 1. The van der Waals surface area contributed by atoms with Crippen LogP contribution in [-0.4, -0.2) is 56.8 Å². The third-order valence-corrected chi connectivity index (χ3v) is 3.70. The van der Waals surface area contributed by atoms with Crippen LogP contribution in [-0.2, 0) is 15.0 Å². The first-order valence-electron chi connectivity index (χ1n) is 4.44. The summed E-state index contributed by atoms with van der Waals surface area (Å²) >= 11 is 0. The Hall–Kier alpha value is -0.400. The second kappa shape index (κ2) is 5.29. The Morgan fingerprint density at radius 1 is 1.31 bits per heavy atom. The molecule has 1 saturated heterocycles. The van der Waals surface area contributed by atoms with Crippen LogP contribution in [0.5, 0.6) is 0 Å². The first-order valence-corrected chi connectivity index (χ1v) is 5.88. The van der Waals surface area contributed by atoms with Gasteiger partial charge in [0.05, 0.1) is 18.3 Å². The number of carbonyl (C=O) groups is 1. The van der Waals surface area contributed by atoms with Crippen molar-refractivity contribution in [2.24, 2.45) is 0 Å². The fraction of sp³-hybridized carbons (Fsp3) is 0.222. The molecule has 0 radical (unpaired) electrons. The van der Waals surface area contributed by atoms with E-state index in [1.807, 2.05) is 0 Å². The molecule has 1 aliphatic rings. The van der Waals surface area contributed by atoms with Gasteiger partial charge in [0.25, 0.3) is 0 Å². The second-order valence-corrected chi connectivity index (χ2v) is 4.86. The van der Waals surface area contributed by atoms with E-state index in [1.165, 1.54) is 4.31 Å². The fourth-order valence-corrected chi connectivity index (χ4v) is 2.87. The Labute approximate surface area is 116 Å². The van der Waals surface area contributed by atoms with Gasteiger partial charge < -0.3 is 4.79 Å². The Balaban J connectivity index is 0.00000128. The summed E-state index contributed by atoms with van der Waals surface area (Å²) in [6.07, 6.45) is 0.598. The summed E-state index contributed by atoms with van der Waals surface area (Å²) in [7, 11) is -3.55. The van der Waals surface area contributed by atoms with Crippen molar-refractivity contribution in [2.75, 3.05) is 10.8 Å². The Kier molecular flexibility index (Phi) is 4.52. The molecule has 0 bridgehead atoms. The van der Waals surface area contributed by atoms with Gasteiger partial charge >= 0.3 is 39.8 Å². The molecule has 0 spiro atoms. The molecule has 1 N–H and O–H groups in total. The predicted molar refractivity (Wildman–Crippen MR) is 62.8 cm³/mol. The van der Waals surface area contributed by atoms with Crippen LogP contribution in [0.2, 0.25) is 0 Å². The minimum atomic E-state index is -3.55. The van der Waals surface area contributed by atoms with Crippen LogP contribution in [0.3, 0.4) is 0 Å². The van der Waals surface area contributed by atoms with Crippen molar-refractivity contribution in [1.29, 1.82) is 0 Å². The summed E-state index contributed by atoms with van der Waals surface area (Å²) in [5, 5.41) is 0. The molecule has 1 heterocycles. The number of benzene rings is 1. The number of rotatable bonds is 2. The molecule has 1 fully saturated rings. The van der Waals surface area contributed by atoms with Gasteiger partial charge in [0.1, 0.15) is 6.29 Å². The summed E-state index contributed by atoms with van der Waals surface area (Å²) in [6.45, 7) is 0.149. The average Bonchev–Trinajstić information content (AvgIpc) is 2.55. The van der Waals surface area contributed by atoms with Crippen LogP contribution in [0.15, 0.2) is 30.3 Å². The van der Waals surface area contributed by atoms with E-state index >= 15 is 0 Å². The van der Waals surface area contributed by atoms with Gasteiger partial charge in [-0.2, -0.15) is 13.1 Å². The van der Waals surface area contributed by atoms with Crippen LogP contribution in [0, 0.1) is 0 Å². The van der Waals surface area contributed by atoms with E-state index in [0.717, 1.165) is 0 Å². The van der Waals surface area contributed by atoms with Gasteiger partial charge in [-0.1, -0.05) is 18.2 Å². The van der Waals surface area contributed by atoms with Crippen LogP contribution in [0.1, 0.15) is 0 Å². The maximum atomic E-state index is 11.6. The fourth-order valence-electron chi connectivity index (χ4n) is 1.48. The molecule has 82 valence electrons. The van der Waals surface area contributed by atoms with Crippen molar-refractivity contribution >= 4 is 51.7 Å². The maximum absolute atomic E-state index is 11.6. The van der Waals surface area contributed by atoms with Gasteiger partial charge in [-0.15, -0.1) is 0 Å². The number of nitrogens with one attached hydrogen (secondary N) is 1. The third-order valence-electron chi connectivity index (χ3n) is 2.16. The number of carbonyl (C=O) groups excluding carboxylic acids is 1. The topological polar surface area (TPSA) is 66.5 Å². The summed E-state index contributed by atoms with van der Waals surface area (Å²) in [5.74, 6) is 0. The van der Waals surface area contributed by atoms with Crippen LogP contribution in [0.25, 0.3) is 0 Å². The van der Waals surface area contributed by atoms with E-state index < -0.39 is 16.3 Å².